The number of fused-ring (bicyclic) bond motifs is 5. The lowest BCUT2D eigenvalue weighted by molar-refractivity contribution is -0.123. The molecular weight excluding hydrogens is 938 g/mol. The van der Waals surface area contributed by atoms with Crippen LogP contribution in [0.4, 0.5) is 32.2 Å². The van der Waals surface area contributed by atoms with Crippen LogP contribution in [0.25, 0.3) is 39.0 Å². The van der Waals surface area contributed by atoms with Crippen molar-refractivity contribution in [2.45, 2.75) is 48.0 Å². The van der Waals surface area contributed by atoms with Gasteiger partial charge in [0.25, 0.3) is 17.9 Å². The molecule has 1 saturated carbocycles. The molecular formula is C38H29ClF6N10O6S3. The number of carbonyl (C=O) groups is 1. The van der Waals surface area contributed by atoms with Gasteiger partial charge in [-0.3, -0.25) is 28.2 Å². The highest BCUT2D eigenvalue weighted by molar-refractivity contribution is 7.92. The van der Waals surface area contributed by atoms with Crippen molar-refractivity contribution < 1.29 is 48.0 Å². The summed E-state index contributed by atoms with van der Waals surface area (Å²) in [6, 6.07) is 6.16. The van der Waals surface area contributed by atoms with E-state index in [0.29, 0.717) is 10.7 Å². The summed E-state index contributed by atoms with van der Waals surface area (Å²) in [5.41, 5.74) is -3.21. The fraction of sp³-hybridized carbons (Fsp3) is 0.289. The van der Waals surface area contributed by atoms with Crippen molar-refractivity contribution in [1.82, 2.24) is 44.4 Å². The van der Waals surface area contributed by atoms with Crippen LogP contribution in [0.1, 0.15) is 53.1 Å². The number of thiazole rings is 1. The largest absolute Gasteiger partial charge is 0.344 e. The second kappa shape index (κ2) is 15.1. The van der Waals surface area contributed by atoms with Gasteiger partial charge < -0.3 is 5.32 Å². The Kier molecular flexibility index (Phi) is 10.2. The van der Waals surface area contributed by atoms with Gasteiger partial charge in [-0.15, -0.1) is 11.3 Å². The first-order chi connectivity index (χ1) is 30.0. The maximum atomic E-state index is 15.5. The van der Waals surface area contributed by atoms with E-state index in [-0.39, 0.29) is 71.7 Å². The minimum atomic E-state index is -3.95. The number of nitrogens with zero attached hydrogens (tertiary/aromatic N) is 8. The molecule has 5 heterocycles. The van der Waals surface area contributed by atoms with E-state index in [1.54, 1.807) is 0 Å². The molecule has 0 spiro atoms. The molecule has 64 heavy (non-hydrogen) atoms. The molecule has 334 valence electrons. The number of anilines is 1. The van der Waals surface area contributed by atoms with E-state index in [1.165, 1.54) is 41.4 Å². The number of pyridine rings is 1. The van der Waals surface area contributed by atoms with Gasteiger partial charge in [-0.25, -0.2) is 49.3 Å². The van der Waals surface area contributed by atoms with Crippen molar-refractivity contribution in [3.05, 3.63) is 103 Å². The van der Waals surface area contributed by atoms with E-state index in [4.69, 9.17) is 16.6 Å². The molecule has 0 saturated heterocycles. The summed E-state index contributed by atoms with van der Waals surface area (Å²) in [5, 5.41) is 11.8. The number of benzene rings is 2. The molecule has 0 aliphatic heterocycles. The average Bonchev–Trinajstić information content (AvgIpc) is 3.41. The third kappa shape index (κ3) is 7.55. The number of rotatable bonds is 12. The third-order valence-corrected chi connectivity index (χ3v) is 14.2. The molecule has 2 aliphatic carbocycles. The van der Waals surface area contributed by atoms with E-state index in [0.717, 1.165) is 40.5 Å². The number of sulfone groups is 1. The van der Waals surface area contributed by atoms with E-state index < -0.39 is 103 Å². The van der Waals surface area contributed by atoms with E-state index in [9.17, 15) is 44.0 Å². The van der Waals surface area contributed by atoms with Crippen molar-refractivity contribution in [3.8, 4) is 17.1 Å². The van der Waals surface area contributed by atoms with Crippen molar-refractivity contribution in [3.63, 3.8) is 0 Å². The Morgan fingerprint density at radius 1 is 1.00 bits per heavy atom. The number of alkyl halides is 4. The summed E-state index contributed by atoms with van der Waals surface area (Å²) in [4.78, 5) is 42.4. The van der Waals surface area contributed by atoms with Crippen LogP contribution in [0.2, 0.25) is 5.02 Å². The predicted molar refractivity (Wildman–Crippen MR) is 220 cm³/mol. The van der Waals surface area contributed by atoms with Crippen LogP contribution in [-0.2, 0) is 50.6 Å². The van der Waals surface area contributed by atoms with Crippen LogP contribution in [-0.4, -0.2) is 74.3 Å². The minimum absolute atomic E-state index is 0.0119. The van der Waals surface area contributed by atoms with Gasteiger partial charge in [0.05, 0.1) is 45.0 Å². The first-order valence-corrected chi connectivity index (χ1v) is 23.8. The van der Waals surface area contributed by atoms with Gasteiger partial charge in [-0.2, -0.15) is 19.0 Å². The number of carbonyl (C=O) groups excluding carboxylic acids is 1. The second-order valence-electron chi connectivity index (χ2n) is 15.4. The summed E-state index contributed by atoms with van der Waals surface area (Å²) >= 11 is 7.41. The highest BCUT2D eigenvalue weighted by Gasteiger charge is 2.67. The molecule has 5 aromatic heterocycles. The Bertz CT molecular complexity index is 3410. The standard InChI is InChI=1S/C38H29ClF6N10O6S3/c1-53-30-25(7-5-21(39)28(30)34(51-53)52-64(3,60)61)55-35(49-33-18(36(55)57)4-6-22(47-33)24-14-62-37(48-24)63(2,58)59)23(10-15-8-16(40)11-17(41)9-15)46-26(56)13-54-31-27(29(50-54)32(42)43)19-12-20(19)38(31,44)45/h4-9,11,14,19-20,23,32H,10,12-13H2,1-3H3,(H,46,56)(H,51,52)/t19-,20+,23-/m0/s1. The quantitative estimate of drug-likeness (QED) is 0.137. The van der Waals surface area contributed by atoms with Gasteiger partial charge in [-0.1, -0.05) is 11.6 Å². The lowest BCUT2D eigenvalue weighted by atomic mass is 10.0. The molecule has 0 unspecified atom stereocenters. The normalized spacial score (nSPS) is 17.2. The maximum absolute atomic E-state index is 15.5. The number of amides is 1. The fourth-order valence-corrected chi connectivity index (χ4v) is 10.5. The lowest BCUT2D eigenvalue weighted by Gasteiger charge is -2.24. The SMILES string of the molecule is Cn1nc(NS(C)(=O)=O)c2c(Cl)ccc(-n3c([C@H](Cc4cc(F)cc(F)c4)NC(=O)Cn4nc(C(F)F)c5c4C(F)(F)[C@@H]4C[C@H]54)nc4nc(-c5csc(S(C)(=O)=O)n5)ccc4c3=O)c21. The number of sulfonamides is 1. The van der Waals surface area contributed by atoms with Crippen LogP contribution in [0, 0.1) is 17.6 Å². The Balaban J connectivity index is 1.26. The van der Waals surface area contributed by atoms with E-state index in [2.05, 4.69) is 30.2 Å². The van der Waals surface area contributed by atoms with Gasteiger partial charge in [0.2, 0.25) is 30.1 Å². The predicted octanol–water partition coefficient (Wildman–Crippen LogP) is 5.94. The summed E-state index contributed by atoms with van der Waals surface area (Å²) in [6.45, 7) is -1.04. The van der Waals surface area contributed by atoms with E-state index >= 15 is 8.78 Å². The molecule has 0 radical (unpaired) electrons. The lowest BCUT2D eigenvalue weighted by Crippen LogP contribution is -2.38. The fourth-order valence-electron chi connectivity index (χ4n) is 8.15. The highest BCUT2D eigenvalue weighted by Crippen LogP contribution is 2.68. The number of hydrogen-bond acceptors (Lipinski definition) is 12. The topological polar surface area (TPSA) is 206 Å². The van der Waals surface area contributed by atoms with Crippen LogP contribution >= 0.6 is 22.9 Å². The minimum Gasteiger partial charge on any atom is -0.344 e. The van der Waals surface area contributed by atoms with Crippen molar-refractivity contribution in [2.24, 2.45) is 13.0 Å². The number of hydrogen-bond donors (Lipinski definition) is 2. The summed E-state index contributed by atoms with van der Waals surface area (Å²) in [6.07, 6.45) is -2.00. The maximum Gasteiger partial charge on any atom is 0.293 e. The summed E-state index contributed by atoms with van der Waals surface area (Å²) in [5.74, 6) is -9.51. The van der Waals surface area contributed by atoms with Crippen LogP contribution in [0.3, 0.4) is 0 Å². The molecule has 16 nitrogen and oxygen atoms in total. The molecule has 0 bridgehead atoms. The van der Waals surface area contributed by atoms with Gasteiger partial charge >= 0.3 is 0 Å². The average molecular weight is 967 g/mol. The smallest absolute Gasteiger partial charge is 0.293 e. The monoisotopic (exact) mass is 966 g/mol. The Labute approximate surface area is 365 Å². The second-order valence-corrected chi connectivity index (χ2v) is 20.6. The van der Waals surface area contributed by atoms with Gasteiger partial charge in [0.1, 0.15) is 41.1 Å². The molecule has 1 amide bonds. The van der Waals surface area contributed by atoms with Crippen LogP contribution < -0.4 is 15.6 Å². The van der Waals surface area contributed by atoms with Crippen molar-refractivity contribution in [2.75, 3.05) is 17.2 Å². The molecule has 26 heteroatoms. The summed E-state index contributed by atoms with van der Waals surface area (Å²) in [7, 11) is -6.28. The Morgan fingerprint density at radius 3 is 2.38 bits per heavy atom. The molecule has 9 rings (SSSR count). The summed E-state index contributed by atoms with van der Waals surface area (Å²) < 4.78 is 143. The zero-order valence-electron chi connectivity index (χ0n) is 32.9. The van der Waals surface area contributed by atoms with Crippen molar-refractivity contribution >= 4 is 76.5 Å². The molecule has 2 aromatic carbocycles. The Hall–Kier alpha value is -5.92. The van der Waals surface area contributed by atoms with Crippen LogP contribution in [0.15, 0.2) is 57.0 Å². The van der Waals surface area contributed by atoms with Gasteiger partial charge in [0.15, 0.2) is 11.5 Å². The number of aryl methyl sites for hydroxylation is 1. The zero-order chi connectivity index (χ0) is 45.9. The molecule has 7 aromatic rings. The molecule has 2 aliphatic rings. The van der Waals surface area contributed by atoms with Crippen molar-refractivity contribution in [1.29, 1.82) is 0 Å². The third-order valence-electron chi connectivity index (χ3n) is 10.7. The number of aromatic nitrogens is 8. The van der Waals surface area contributed by atoms with Gasteiger partial charge in [0, 0.05) is 42.7 Å². The number of halogens is 7. The molecule has 1 fully saturated rings. The molecule has 2 N–H and O–H groups in total. The first kappa shape index (κ1) is 43.3. The number of nitrogens with one attached hydrogen (secondary N) is 2. The zero-order valence-corrected chi connectivity index (χ0v) is 36.2. The first-order valence-electron chi connectivity index (χ1n) is 18.7. The molecule has 3 atom stereocenters. The van der Waals surface area contributed by atoms with Crippen LogP contribution in [0.5, 0.6) is 0 Å². The Morgan fingerprint density at radius 2 is 1.72 bits per heavy atom. The highest BCUT2D eigenvalue weighted by atomic mass is 35.5. The van der Waals surface area contributed by atoms with Gasteiger partial charge in [-0.05, 0) is 54.3 Å². The van der Waals surface area contributed by atoms with E-state index in [1.807, 2.05) is 0 Å².